The molecule has 2 N–H and O–H groups in total. The van der Waals surface area contributed by atoms with Crippen molar-refractivity contribution in [3.63, 3.8) is 0 Å². The molecule has 0 amide bonds. The highest BCUT2D eigenvalue weighted by atomic mass is 19.4. The fraction of sp³-hybridized carbons (Fsp3) is 1.00. The summed E-state index contributed by atoms with van der Waals surface area (Å²) in [5.41, 5.74) is 4.95. The molecule has 0 aliphatic carbocycles. The quantitative estimate of drug-likeness (QED) is 0.727. The first-order chi connectivity index (χ1) is 6.04. The summed E-state index contributed by atoms with van der Waals surface area (Å²) in [6.45, 7) is 0.145. The normalized spacial score (nSPS) is 26.3. The second kappa shape index (κ2) is 4.26. The molecule has 0 radical (unpaired) electrons. The summed E-state index contributed by atoms with van der Waals surface area (Å²) in [6.07, 6.45) is -6.20. The van der Waals surface area contributed by atoms with Crippen LogP contribution in [0.3, 0.4) is 0 Å². The molecule has 0 saturated carbocycles. The van der Waals surface area contributed by atoms with Gasteiger partial charge in [-0.1, -0.05) is 0 Å². The van der Waals surface area contributed by atoms with Crippen LogP contribution < -0.4 is 5.73 Å². The summed E-state index contributed by atoms with van der Waals surface area (Å²) in [7, 11) is 0. The highest BCUT2D eigenvalue weighted by molar-refractivity contribution is 4.73. The SMILES string of the molecule is NCC(OC1CCOC1)C(F)(F)F. The van der Waals surface area contributed by atoms with Gasteiger partial charge in [-0.15, -0.1) is 0 Å². The van der Waals surface area contributed by atoms with Crippen molar-refractivity contribution in [1.82, 2.24) is 0 Å². The molecule has 3 nitrogen and oxygen atoms in total. The number of ether oxygens (including phenoxy) is 2. The zero-order valence-electron chi connectivity index (χ0n) is 7.01. The topological polar surface area (TPSA) is 44.5 Å². The molecule has 0 bridgehead atoms. The van der Waals surface area contributed by atoms with E-state index in [0.29, 0.717) is 13.0 Å². The lowest BCUT2D eigenvalue weighted by molar-refractivity contribution is -0.228. The van der Waals surface area contributed by atoms with Crippen LogP contribution in [-0.4, -0.2) is 38.1 Å². The molecule has 1 aliphatic rings. The fourth-order valence-electron chi connectivity index (χ4n) is 1.12. The van der Waals surface area contributed by atoms with Crippen LogP contribution in [-0.2, 0) is 9.47 Å². The minimum Gasteiger partial charge on any atom is -0.379 e. The Morgan fingerprint density at radius 1 is 1.54 bits per heavy atom. The summed E-state index contributed by atoms with van der Waals surface area (Å²) < 4.78 is 46.0. The molecular formula is C7H12F3NO2. The first-order valence-corrected chi connectivity index (χ1v) is 4.04. The molecule has 6 heteroatoms. The Morgan fingerprint density at radius 2 is 2.23 bits per heavy atom. The lowest BCUT2D eigenvalue weighted by Crippen LogP contribution is -2.41. The predicted molar refractivity (Wildman–Crippen MR) is 39.2 cm³/mol. The molecule has 1 aliphatic heterocycles. The lowest BCUT2D eigenvalue weighted by Gasteiger charge is -2.22. The number of rotatable bonds is 3. The number of hydrogen-bond donors (Lipinski definition) is 1. The Hall–Kier alpha value is -0.330. The maximum atomic E-state index is 12.1. The molecule has 13 heavy (non-hydrogen) atoms. The van der Waals surface area contributed by atoms with E-state index in [0.717, 1.165) is 0 Å². The van der Waals surface area contributed by atoms with Crippen LogP contribution >= 0.6 is 0 Å². The molecule has 2 unspecified atom stereocenters. The van der Waals surface area contributed by atoms with Crippen LogP contribution in [0, 0.1) is 0 Å². The van der Waals surface area contributed by atoms with Crippen LogP contribution in [0.15, 0.2) is 0 Å². The average Bonchev–Trinajstić information content (AvgIpc) is 2.49. The summed E-state index contributed by atoms with van der Waals surface area (Å²) in [6, 6.07) is 0. The van der Waals surface area contributed by atoms with Gasteiger partial charge in [-0.2, -0.15) is 13.2 Å². The Bertz CT molecular complexity index is 156. The maximum Gasteiger partial charge on any atom is 0.415 e. The monoisotopic (exact) mass is 199 g/mol. The third-order valence-corrected chi connectivity index (χ3v) is 1.82. The first kappa shape index (κ1) is 10.7. The number of nitrogens with two attached hydrogens (primary N) is 1. The molecule has 2 atom stereocenters. The summed E-state index contributed by atoms with van der Waals surface area (Å²) in [5, 5.41) is 0. The molecule has 1 saturated heterocycles. The zero-order chi connectivity index (χ0) is 9.90. The highest BCUT2D eigenvalue weighted by Gasteiger charge is 2.41. The van der Waals surface area contributed by atoms with Gasteiger partial charge in [-0.05, 0) is 6.42 Å². The molecule has 1 fully saturated rings. The second-order valence-electron chi connectivity index (χ2n) is 2.89. The van der Waals surface area contributed by atoms with Crippen LogP contribution in [0.25, 0.3) is 0 Å². The second-order valence-corrected chi connectivity index (χ2v) is 2.89. The molecule has 0 aromatic carbocycles. The van der Waals surface area contributed by atoms with Gasteiger partial charge in [-0.25, -0.2) is 0 Å². The third-order valence-electron chi connectivity index (χ3n) is 1.82. The van der Waals surface area contributed by atoms with E-state index >= 15 is 0 Å². The van der Waals surface area contributed by atoms with E-state index < -0.39 is 24.9 Å². The minimum absolute atomic E-state index is 0.229. The average molecular weight is 199 g/mol. The van der Waals surface area contributed by atoms with Gasteiger partial charge in [0.2, 0.25) is 0 Å². The molecule has 1 heterocycles. The zero-order valence-corrected chi connectivity index (χ0v) is 7.01. The van der Waals surface area contributed by atoms with Gasteiger partial charge in [0.15, 0.2) is 6.10 Å². The van der Waals surface area contributed by atoms with Crippen molar-refractivity contribution < 1.29 is 22.6 Å². The Morgan fingerprint density at radius 3 is 2.62 bits per heavy atom. The molecular weight excluding hydrogens is 187 g/mol. The van der Waals surface area contributed by atoms with Crippen LogP contribution in [0.1, 0.15) is 6.42 Å². The molecule has 0 spiro atoms. The smallest absolute Gasteiger partial charge is 0.379 e. The van der Waals surface area contributed by atoms with E-state index in [9.17, 15) is 13.2 Å². The Kier molecular flexibility index (Phi) is 3.52. The molecule has 1 rings (SSSR count). The van der Waals surface area contributed by atoms with E-state index in [1.54, 1.807) is 0 Å². The fourth-order valence-corrected chi connectivity index (χ4v) is 1.12. The van der Waals surface area contributed by atoms with Gasteiger partial charge < -0.3 is 15.2 Å². The van der Waals surface area contributed by atoms with E-state index in [-0.39, 0.29) is 6.61 Å². The van der Waals surface area contributed by atoms with Crippen molar-refractivity contribution in [2.45, 2.75) is 24.8 Å². The van der Waals surface area contributed by atoms with E-state index in [2.05, 4.69) is 0 Å². The van der Waals surface area contributed by atoms with Crippen LogP contribution in [0.4, 0.5) is 13.2 Å². The predicted octanol–water partition coefficient (Wildman–Crippen LogP) is 0.681. The van der Waals surface area contributed by atoms with E-state index in [1.807, 2.05) is 0 Å². The van der Waals surface area contributed by atoms with Crippen molar-refractivity contribution in [2.75, 3.05) is 19.8 Å². The largest absolute Gasteiger partial charge is 0.415 e. The maximum absolute atomic E-state index is 12.1. The van der Waals surface area contributed by atoms with Gasteiger partial charge in [0, 0.05) is 13.2 Å². The summed E-state index contributed by atoms with van der Waals surface area (Å²) in [5.74, 6) is 0. The van der Waals surface area contributed by atoms with Gasteiger partial charge in [0.25, 0.3) is 0 Å². The summed E-state index contributed by atoms with van der Waals surface area (Å²) >= 11 is 0. The number of hydrogen-bond acceptors (Lipinski definition) is 3. The Balaban J connectivity index is 2.39. The van der Waals surface area contributed by atoms with Crippen molar-refractivity contribution in [3.8, 4) is 0 Å². The third kappa shape index (κ3) is 3.13. The van der Waals surface area contributed by atoms with E-state index in [4.69, 9.17) is 15.2 Å². The highest BCUT2D eigenvalue weighted by Crippen LogP contribution is 2.24. The van der Waals surface area contributed by atoms with Gasteiger partial charge in [0.1, 0.15) is 0 Å². The molecule has 0 aromatic rings. The van der Waals surface area contributed by atoms with Gasteiger partial charge >= 0.3 is 6.18 Å². The standard InChI is InChI=1S/C7H12F3NO2/c8-7(9,10)6(3-11)13-5-1-2-12-4-5/h5-6H,1-4,11H2. The van der Waals surface area contributed by atoms with Crippen LogP contribution in [0.5, 0.6) is 0 Å². The Labute approximate surface area is 74.0 Å². The number of alkyl halides is 3. The van der Waals surface area contributed by atoms with Crippen molar-refractivity contribution >= 4 is 0 Å². The van der Waals surface area contributed by atoms with Crippen molar-refractivity contribution in [1.29, 1.82) is 0 Å². The van der Waals surface area contributed by atoms with Crippen LogP contribution in [0.2, 0.25) is 0 Å². The van der Waals surface area contributed by atoms with E-state index in [1.165, 1.54) is 0 Å². The minimum atomic E-state index is -4.38. The van der Waals surface area contributed by atoms with Crippen molar-refractivity contribution in [2.24, 2.45) is 5.73 Å². The van der Waals surface area contributed by atoms with Crippen molar-refractivity contribution in [3.05, 3.63) is 0 Å². The lowest BCUT2D eigenvalue weighted by atomic mass is 10.3. The molecule has 78 valence electrons. The molecule has 0 aromatic heterocycles. The van der Waals surface area contributed by atoms with Gasteiger partial charge in [-0.3, -0.25) is 0 Å². The van der Waals surface area contributed by atoms with Gasteiger partial charge in [0.05, 0.1) is 12.7 Å². The number of halogens is 3. The first-order valence-electron chi connectivity index (χ1n) is 4.04. The summed E-state index contributed by atoms with van der Waals surface area (Å²) in [4.78, 5) is 0.